The molecule has 0 aliphatic rings. The zero-order valence-corrected chi connectivity index (χ0v) is 11.7. The van der Waals surface area contributed by atoms with Crippen LogP contribution in [0, 0.1) is 0 Å². The molecular weight excluding hydrogens is 206 g/mol. The van der Waals surface area contributed by atoms with E-state index in [9.17, 15) is 0 Å². The smallest absolute Gasteiger partial charge is 0.0398 e. The van der Waals surface area contributed by atoms with Crippen LogP contribution in [0.15, 0.2) is 24.3 Å². The lowest BCUT2D eigenvalue weighted by molar-refractivity contribution is 0.675. The monoisotopic (exact) mass is 233 g/mol. The van der Waals surface area contributed by atoms with Gasteiger partial charge >= 0.3 is 0 Å². The van der Waals surface area contributed by atoms with Crippen molar-refractivity contribution in [1.82, 2.24) is 0 Å². The van der Waals surface area contributed by atoms with Crippen LogP contribution < -0.4 is 4.90 Å². The first-order valence-electron chi connectivity index (χ1n) is 7.16. The number of para-hydroxylation sites is 1. The van der Waals surface area contributed by atoms with Gasteiger partial charge in [-0.2, -0.15) is 0 Å². The van der Waals surface area contributed by atoms with Gasteiger partial charge in [-0.25, -0.2) is 0 Å². The van der Waals surface area contributed by atoms with E-state index in [2.05, 4.69) is 49.9 Å². The van der Waals surface area contributed by atoms with Gasteiger partial charge in [-0.05, 0) is 30.9 Å². The molecule has 0 amide bonds. The number of aryl methyl sites for hydroxylation is 1. The Morgan fingerprint density at radius 1 is 0.882 bits per heavy atom. The number of hydrogen-bond donors (Lipinski definition) is 0. The summed E-state index contributed by atoms with van der Waals surface area (Å²) in [5.74, 6) is 0. The Bertz CT molecular complexity index is 298. The molecule has 0 N–H and O–H groups in total. The van der Waals surface area contributed by atoms with Crippen molar-refractivity contribution < 1.29 is 0 Å². The van der Waals surface area contributed by atoms with Crippen molar-refractivity contribution in [3.05, 3.63) is 29.8 Å². The van der Waals surface area contributed by atoms with E-state index >= 15 is 0 Å². The molecular formula is C16H27N. The van der Waals surface area contributed by atoms with Crippen LogP contribution in [0.4, 0.5) is 5.69 Å². The van der Waals surface area contributed by atoms with Gasteiger partial charge in [0.1, 0.15) is 0 Å². The van der Waals surface area contributed by atoms with E-state index in [4.69, 9.17) is 0 Å². The predicted octanol–water partition coefficient (Wildman–Crippen LogP) is 4.66. The van der Waals surface area contributed by atoms with Crippen LogP contribution in [0.3, 0.4) is 0 Å². The fraction of sp³-hybridized carbons (Fsp3) is 0.625. The average molecular weight is 233 g/mol. The van der Waals surface area contributed by atoms with Crippen LogP contribution in [-0.4, -0.2) is 13.1 Å². The van der Waals surface area contributed by atoms with Crippen LogP contribution in [0.1, 0.15) is 52.0 Å². The molecule has 1 nitrogen and oxygen atoms in total. The number of benzene rings is 1. The van der Waals surface area contributed by atoms with Gasteiger partial charge in [0.2, 0.25) is 0 Å². The number of nitrogens with zero attached hydrogens (tertiary/aromatic N) is 1. The van der Waals surface area contributed by atoms with Gasteiger partial charge in [0.15, 0.2) is 0 Å². The van der Waals surface area contributed by atoms with Crippen LogP contribution in [-0.2, 0) is 6.42 Å². The third-order valence-electron chi connectivity index (χ3n) is 3.28. The van der Waals surface area contributed by atoms with E-state index in [1.165, 1.54) is 50.0 Å². The maximum Gasteiger partial charge on any atom is 0.0398 e. The quantitative estimate of drug-likeness (QED) is 0.631. The van der Waals surface area contributed by atoms with E-state index in [0.717, 1.165) is 6.42 Å². The second kappa shape index (κ2) is 8.16. The molecule has 0 aromatic heterocycles. The average Bonchev–Trinajstić information content (AvgIpc) is 2.39. The summed E-state index contributed by atoms with van der Waals surface area (Å²) in [5, 5.41) is 0. The Balaban J connectivity index is 2.78. The summed E-state index contributed by atoms with van der Waals surface area (Å²) in [5.41, 5.74) is 2.94. The van der Waals surface area contributed by atoms with Gasteiger partial charge in [0, 0.05) is 18.8 Å². The Kier molecular flexibility index (Phi) is 6.76. The standard InChI is InChI=1S/C16H27N/c1-4-7-13-17(14-8-5-2)16-12-10-9-11-15(16)6-3/h9-12H,4-8,13-14H2,1-3H3. The minimum Gasteiger partial charge on any atom is -0.371 e. The predicted molar refractivity (Wildman–Crippen MR) is 77.8 cm³/mol. The van der Waals surface area contributed by atoms with E-state index in [1.54, 1.807) is 0 Å². The van der Waals surface area contributed by atoms with E-state index in [-0.39, 0.29) is 0 Å². The molecule has 0 saturated carbocycles. The van der Waals surface area contributed by atoms with Gasteiger partial charge in [0.05, 0.1) is 0 Å². The Morgan fingerprint density at radius 3 is 2.00 bits per heavy atom. The molecule has 1 aromatic carbocycles. The molecule has 96 valence electrons. The molecule has 0 unspecified atom stereocenters. The third kappa shape index (κ3) is 4.41. The summed E-state index contributed by atoms with van der Waals surface area (Å²) in [6.07, 6.45) is 6.27. The van der Waals surface area contributed by atoms with Crippen molar-refractivity contribution in [2.45, 2.75) is 52.9 Å². The lowest BCUT2D eigenvalue weighted by atomic mass is 10.1. The van der Waals surface area contributed by atoms with Crippen molar-refractivity contribution in [1.29, 1.82) is 0 Å². The molecule has 0 aliphatic carbocycles. The highest BCUT2D eigenvalue weighted by molar-refractivity contribution is 5.53. The molecule has 0 fully saturated rings. The first-order valence-corrected chi connectivity index (χ1v) is 7.16. The molecule has 1 heteroatoms. The van der Waals surface area contributed by atoms with E-state index in [1.807, 2.05) is 0 Å². The summed E-state index contributed by atoms with van der Waals surface area (Å²) in [4.78, 5) is 2.58. The normalized spacial score (nSPS) is 10.5. The van der Waals surface area contributed by atoms with Gasteiger partial charge in [-0.1, -0.05) is 51.8 Å². The summed E-state index contributed by atoms with van der Waals surface area (Å²) in [6, 6.07) is 8.86. The Morgan fingerprint density at radius 2 is 1.47 bits per heavy atom. The van der Waals surface area contributed by atoms with Crippen molar-refractivity contribution in [2.24, 2.45) is 0 Å². The van der Waals surface area contributed by atoms with Crippen LogP contribution in [0.2, 0.25) is 0 Å². The molecule has 0 aliphatic heterocycles. The van der Waals surface area contributed by atoms with Gasteiger partial charge < -0.3 is 4.90 Å². The number of unbranched alkanes of at least 4 members (excludes halogenated alkanes) is 2. The SMILES string of the molecule is CCCCN(CCCC)c1ccccc1CC. The van der Waals surface area contributed by atoms with Gasteiger partial charge in [-0.15, -0.1) is 0 Å². The molecule has 0 spiro atoms. The number of hydrogen-bond acceptors (Lipinski definition) is 1. The fourth-order valence-electron chi connectivity index (χ4n) is 2.17. The molecule has 0 bridgehead atoms. The maximum absolute atomic E-state index is 2.58. The highest BCUT2D eigenvalue weighted by Crippen LogP contribution is 2.21. The fourth-order valence-corrected chi connectivity index (χ4v) is 2.17. The molecule has 0 saturated heterocycles. The largest absolute Gasteiger partial charge is 0.371 e. The minimum absolute atomic E-state index is 1.13. The van der Waals surface area contributed by atoms with E-state index < -0.39 is 0 Å². The van der Waals surface area contributed by atoms with Gasteiger partial charge in [0.25, 0.3) is 0 Å². The van der Waals surface area contributed by atoms with Crippen LogP contribution in [0.5, 0.6) is 0 Å². The summed E-state index contributed by atoms with van der Waals surface area (Å²) < 4.78 is 0. The zero-order valence-electron chi connectivity index (χ0n) is 11.7. The second-order valence-electron chi connectivity index (χ2n) is 4.68. The van der Waals surface area contributed by atoms with Crippen molar-refractivity contribution >= 4 is 5.69 Å². The molecule has 17 heavy (non-hydrogen) atoms. The number of anilines is 1. The molecule has 0 heterocycles. The molecule has 1 aromatic rings. The lowest BCUT2D eigenvalue weighted by Gasteiger charge is -2.27. The first-order chi connectivity index (χ1) is 8.33. The molecule has 0 atom stereocenters. The van der Waals surface area contributed by atoms with Gasteiger partial charge in [-0.3, -0.25) is 0 Å². The van der Waals surface area contributed by atoms with Crippen molar-refractivity contribution in [2.75, 3.05) is 18.0 Å². The Labute approximate surface area is 107 Å². The van der Waals surface area contributed by atoms with E-state index in [0.29, 0.717) is 0 Å². The highest BCUT2D eigenvalue weighted by atomic mass is 15.1. The van der Waals surface area contributed by atoms with Crippen molar-refractivity contribution in [3.63, 3.8) is 0 Å². The first kappa shape index (κ1) is 14.1. The molecule has 0 radical (unpaired) electrons. The minimum atomic E-state index is 1.13. The second-order valence-corrected chi connectivity index (χ2v) is 4.68. The molecule has 1 rings (SSSR count). The highest BCUT2D eigenvalue weighted by Gasteiger charge is 2.08. The maximum atomic E-state index is 2.58. The third-order valence-corrected chi connectivity index (χ3v) is 3.28. The lowest BCUT2D eigenvalue weighted by Crippen LogP contribution is -2.26. The van der Waals surface area contributed by atoms with Crippen molar-refractivity contribution in [3.8, 4) is 0 Å². The summed E-state index contributed by atoms with van der Waals surface area (Å²) in [7, 11) is 0. The van der Waals surface area contributed by atoms with Crippen LogP contribution in [0.25, 0.3) is 0 Å². The van der Waals surface area contributed by atoms with Crippen LogP contribution >= 0.6 is 0 Å². The number of rotatable bonds is 8. The Hall–Kier alpha value is -0.980. The summed E-state index contributed by atoms with van der Waals surface area (Å²) in [6.45, 7) is 9.19. The summed E-state index contributed by atoms with van der Waals surface area (Å²) >= 11 is 0. The topological polar surface area (TPSA) is 3.24 Å². The zero-order chi connectivity index (χ0) is 12.5.